The van der Waals surface area contributed by atoms with E-state index in [9.17, 15) is 13.2 Å². The molecule has 0 radical (unpaired) electrons. The summed E-state index contributed by atoms with van der Waals surface area (Å²) in [6.45, 7) is 1.53. The number of fused-ring (bicyclic) bond motifs is 2. The predicted molar refractivity (Wildman–Crippen MR) is 84.4 cm³/mol. The van der Waals surface area contributed by atoms with E-state index in [1.54, 1.807) is 35.5 Å². The Morgan fingerprint density at radius 2 is 2.09 bits per heavy atom. The van der Waals surface area contributed by atoms with Crippen molar-refractivity contribution >= 4 is 26.8 Å². The first kappa shape index (κ1) is 14.4. The van der Waals surface area contributed by atoms with Crippen molar-refractivity contribution in [2.75, 3.05) is 26.2 Å². The molecule has 2 amide bonds. The zero-order valence-electron chi connectivity index (χ0n) is 12.3. The second-order valence-electron chi connectivity index (χ2n) is 5.75. The Balaban J connectivity index is 1.72. The number of benzene rings is 1. The van der Waals surface area contributed by atoms with E-state index in [0.29, 0.717) is 31.6 Å². The summed E-state index contributed by atoms with van der Waals surface area (Å²) in [7, 11) is -3.62. The summed E-state index contributed by atoms with van der Waals surface area (Å²) in [5.41, 5.74) is 0. The lowest BCUT2D eigenvalue weighted by Crippen LogP contribution is -2.53. The van der Waals surface area contributed by atoms with Crippen molar-refractivity contribution in [3.8, 4) is 0 Å². The van der Waals surface area contributed by atoms with Crippen LogP contribution < -0.4 is 5.32 Å². The van der Waals surface area contributed by atoms with Gasteiger partial charge < -0.3 is 10.2 Å². The fraction of sp³-hybridized carbons (Fsp3) is 0.333. The first-order chi connectivity index (χ1) is 11.1. The standard InChI is InChI=1S/C15H16N4O3S/c20-15-17-8-12-10-18(6-7-19(12)15)23(21,22)14-3-1-2-11-4-5-16-9-13(11)14/h1-5,9,12H,6-8,10H2,(H,17,20). The maximum atomic E-state index is 13.0. The summed E-state index contributed by atoms with van der Waals surface area (Å²) in [6, 6.07) is 6.82. The second kappa shape index (κ2) is 5.17. The highest BCUT2D eigenvalue weighted by molar-refractivity contribution is 7.89. The van der Waals surface area contributed by atoms with Gasteiger partial charge in [-0.25, -0.2) is 13.2 Å². The molecule has 0 aliphatic carbocycles. The maximum Gasteiger partial charge on any atom is 0.317 e. The van der Waals surface area contributed by atoms with Gasteiger partial charge in [0.2, 0.25) is 10.0 Å². The van der Waals surface area contributed by atoms with Gasteiger partial charge in [-0.1, -0.05) is 12.1 Å². The van der Waals surface area contributed by atoms with Crippen molar-refractivity contribution in [3.63, 3.8) is 0 Å². The summed E-state index contributed by atoms with van der Waals surface area (Å²) < 4.78 is 27.6. The van der Waals surface area contributed by atoms with Gasteiger partial charge in [-0.3, -0.25) is 4.98 Å². The molecule has 2 aliphatic heterocycles. The van der Waals surface area contributed by atoms with Gasteiger partial charge in [-0.15, -0.1) is 0 Å². The number of pyridine rings is 1. The number of nitrogens with zero attached hydrogens (tertiary/aromatic N) is 3. The molecule has 0 bridgehead atoms. The monoisotopic (exact) mass is 332 g/mol. The van der Waals surface area contributed by atoms with Crippen molar-refractivity contribution in [3.05, 3.63) is 36.7 Å². The predicted octanol–water partition coefficient (Wildman–Crippen LogP) is 0.633. The summed E-state index contributed by atoms with van der Waals surface area (Å²) in [6.07, 6.45) is 3.23. The molecule has 7 nitrogen and oxygen atoms in total. The number of aromatic nitrogens is 1. The van der Waals surface area contributed by atoms with Crippen LogP contribution in [0.4, 0.5) is 4.79 Å². The molecular weight excluding hydrogens is 316 g/mol. The molecule has 2 aliphatic rings. The molecule has 1 N–H and O–H groups in total. The van der Waals surface area contributed by atoms with Gasteiger partial charge in [-0.2, -0.15) is 4.31 Å². The molecule has 1 atom stereocenters. The highest BCUT2D eigenvalue weighted by atomic mass is 32.2. The maximum absolute atomic E-state index is 13.0. The topological polar surface area (TPSA) is 82.6 Å². The van der Waals surface area contributed by atoms with Gasteiger partial charge >= 0.3 is 6.03 Å². The lowest BCUT2D eigenvalue weighted by atomic mass is 10.2. The van der Waals surface area contributed by atoms with E-state index in [2.05, 4.69) is 10.3 Å². The highest BCUT2D eigenvalue weighted by Crippen LogP contribution is 2.27. The molecule has 23 heavy (non-hydrogen) atoms. The molecule has 2 saturated heterocycles. The zero-order chi connectivity index (χ0) is 16.0. The third kappa shape index (κ3) is 2.25. The largest absolute Gasteiger partial charge is 0.336 e. The normalized spacial score (nSPS) is 22.2. The average Bonchev–Trinajstić information content (AvgIpc) is 2.95. The number of sulfonamides is 1. The Morgan fingerprint density at radius 1 is 1.22 bits per heavy atom. The highest BCUT2D eigenvalue weighted by Gasteiger charge is 2.39. The number of piperazine rings is 1. The quantitative estimate of drug-likeness (QED) is 0.874. The molecule has 4 rings (SSSR count). The first-order valence-electron chi connectivity index (χ1n) is 7.45. The number of urea groups is 1. The number of rotatable bonds is 2. The number of carbonyl (C=O) groups is 1. The van der Waals surface area contributed by atoms with Crippen LogP contribution in [0.5, 0.6) is 0 Å². The van der Waals surface area contributed by atoms with Crippen LogP contribution in [0.1, 0.15) is 0 Å². The third-order valence-corrected chi connectivity index (χ3v) is 6.38. The minimum Gasteiger partial charge on any atom is -0.336 e. The molecule has 3 heterocycles. The van der Waals surface area contributed by atoms with E-state index in [0.717, 1.165) is 5.39 Å². The van der Waals surface area contributed by atoms with Gasteiger partial charge in [-0.05, 0) is 17.5 Å². The van der Waals surface area contributed by atoms with Crippen LogP contribution in [0, 0.1) is 0 Å². The second-order valence-corrected chi connectivity index (χ2v) is 7.66. The minimum atomic E-state index is -3.62. The van der Waals surface area contributed by atoms with Crippen LogP contribution in [0.3, 0.4) is 0 Å². The fourth-order valence-corrected chi connectivity index (χ4v) is 4.91. The summed E-state index contributed by atoms with van der Waals surface area (Å²) in [4.78, 5) is 17.7. The van der Waals surface area contributed by atoms with Gasteiger partial charge in [0.1, 0.15) is 0 Å². The van der Waals surface area contributed by atoms with Crippen molar-refractivity contribution in [2.24, 2.45) is 0 Å². The fourth-order valence-electron chi connectivity index (χ4n) is 3.24. The Hall–Kier alpha value is -2.19. The average molecular weight is 332 g/mol. The Bertz CT molecular complexity index is 878. The van der Waals surface area contributed by atoms with Gasteiger partial charge in [0.05, 0.1) is 10.9 Å². The lowest BCUT2D eigenvalue weighted by molar-refractivity contribution is 0.164. The van der Waals surface area contributed by atoms with Crippen LogP contribution in [-0.4, -0.2) is 60.9 Å². The van der Waals surface area contributed by atoms with E-state index in [1.165, 1.54) is 4.31 Å². The van der Waals surface area contributed by atoms with E-state index in [4.69, 9.17) is 0 Å². The Kier molecular flexibility index (Phi) is 3.24. The molecule has 0 saturated carbocycles. The molecule has 1 unspecified atom stereocenters. The van der Waals surface area contributed by atoms with E-state index < -0.39 is 10.0 Å². The van der Waals surface area contributed by atoms with Gasteiger partial charge in [0, 0.05) is 44.0 Å². The number of amides is 2. The van der Waals surface area contributed by atoms with Crippen LogP contribution >= 0.6 is 0 Å². The van der Waals surface area contributed by atoms with Crippen LogP contribution in [-0.2, 0) is 10.0 Å². The van der Waals surface area contributed by atoms with Crippen molar-refractivity contribution in [1.29, 1.82) is 0 Å². The number of hydrogen-bond donors (Lipinski definition) is 1. The van der Waals surface area contributed by atoms with E-state index in [1.807, 2.05) is 6.07 Å². The van der Waals surface area contributed by atoms with E-state index in [-0.39, 0.29) is 17.0 Å². The lowest BCUT2D eigenvalue weighted by Gasteiger charge is -2.35. The van der Waals surface area contributed by atoms with Crippen LogP contribution in [0.15, 0.2) is 41.6 Å². The minimum absolute atomic E-state index is 0.0980. The van der Waals surface area contributed by atoms with Crippen LogP contribution in [0.25, 0.3) is 10.8 Å². The Labute approximate surface area is 134 Å². The molecule has 1 aromatic carbocycles. The van der Waals surface area contributed by atoms with Crippen molar-refractivity contribution < 1.29 is 13.2 Å². The number of hydrogen-bond acceptors (Lipinski definition) is 4. The SMILES string of the molecule is O=C1NCC2CN(S(=O)(=O)c3cccc4ccncc34)CCN12. The van der Waals surface area contributed by atoms with Crippen LogP contribution in [0.2, 0.25) is 0 Å². The molecule has 120 valence electrons. The van der Waals surface area contributed by atoms with Gasteiger partial charge in [0.25, 0.3) is 0 Å². The van der Waals surface area contributed by atoms with Crippen molar-refractivity contribution in [2.45, 2.75) is 10.9 Å². The molecule has 2 aromatic rings. The Morgan fingerprint density at radius 3 is 2.96 bits per heavy atom. The third-order valence-electron chi connectivity index (χ3n) is 4.46. The zero-order valence-corrected chi connectivity index (χ0v) is 13.2. The number of nitrogens with one attached hydrogen (secondary N) is 1. The van der Waals surface area contributed by atoms with Crippen molar-refractivity contribution in [1.82, 2.24) is 19.5 Å². The molecule has 8 heteroatoms. The molecular formula is C15H16N4O3S. The molecule has 1 aromatic heterocycles. The summed E-state index contributed by atoms with van der Waals surface area (Å²) in [5, 5.41) is 4.23. The number of carbonyl (C=O) groups excluding carboxylic acids is 1. The molecule has 0 spiro atoms. The smallest absolute Gasteiger partial charge is 0.317 e. The summed E-state index contributed by atoms with van der Waals surface area (Å²) in [5.74, 6) is 0. The summed E-state index contributed by atoms with van der Waals surface area (Å²) >= 11 is 0. The molecule has 2 fully saturated rings. The van der Waals surface area contributed by atoms with Gasteiger partial charge in [0.15, 0.2) is 0 Å². The van der Waals surface area contributed by atoms with E-state index >= 15 is 0 Å². The first-order valence-corrected chi connectivity index (χ1v) is 8.89.